The molecule has 1 aromatic carbocycles. The van der Waals surface area contributed by atoms with Crippen LogP contribution in [0.1, 0.15) is 32.0 Å². The number of nitrogens with zero attached hydrogens (tertiary/aromatic N) is 1. The summed E-state index contributed by atoms with van der Waals surface area (Å²) in [5, 5.41) is 11.5. The van der Waals surface area contributed by atoms with Crippen LogP contribution in [0.2, 0.25) is 0 Å². The molecule has 108 valence electrons. The fourth-order valence-electron chi connectivity index (χ4n) is 1.79. The van der Waals surface area contributed by atoms with E-state index < -0.39 is 5.97 Å². The summed E-state index contributed by atoms with van der Waals surface area (Å²) in [6.07, 6.45) is 1.44. The van der Waals surface area contributed by atoms with Crippen molar-refractivity contribution in [3.05, 3.63) is 63.4 Å². The highest BCUT2D eigenvalue weighted by Gasteiger charge is 2.10. The quantitative estimate of drug-likeness (QED) is 0.890. The van der Waals surface area contributed by atoms with E-state index in [0.717, 1.165) is 15.6 Å². The number of benzene rings is 1. The zero-order valence-electron chi connectivity index (χ0n) is 11.3. The number of halogens is 1. The molecule has 0 fully saturated rings. The van der Waals surface area contributed by atoms with E-state index in [2.05, 4.69) is 26.2 Å². The predicted molar refractivity (Wildman–Crippen MR) is 81.2 cm³/mol. The van der Waals surface area contributed by atoms with Gasteiger partial charge in [-0.05, 0) is 36.2 Å². The third-order valence-electron chi connectivity index (χ3n) is 3.01. The Morgan fingerprint density at radius 1 is 1.29 bits per heavy atom. The summed E-state index contributed by atoms with van der Waals surface area (Å²) in [4.78, 5) is 26.6. The lowest BCUT2D eigenvalue weighted by atomic mass is 10.1. The SMILES string of the molecule is Cc1c(Br)cccc1C(=O)NCc1ccc(C(=O)O)nc1. The van der Waals surface area contributed by atoms with E-state index in [0.29, 0.717) is 5.56 Å². The van der Waals surface area contributed by atoms with Crippen LogP contribution in [-0.4, -0.2) is 22.0 Å². The molecule has 0 saturated carbocycles. The van der Waals surface area contributed by atoms with Gasteiger partial charge in [-0.3, -0.25) is 4.79 Å². The molecule has 5 nitrogen and oxygen atoms in total. The number of carboxylic acids is 1. The molecule has 0 aliphatic heterocycles. The number of aromatic carboxylic acids is 1. The van der Waals surface area contributed by atoms with Crippen molar-refractivity contribution >= 4 is 27.8 Å². The molecule has 0 aliphatic carbocycles. The van der Waals surface area contributed by atoms with Crippen molar-refractivity contribution in [3.63, 3.8) is 0 Å². The molecule has 1 heterocycles. The van der Waals surface area contributed by atoms with E-state index in [-0.39, 0.29) is 18.1 Å². The molecule has 2 N–H and O–H groups in total. The molecule has 0 bridgehead atoms. The molecule has 6 heteroatoms. The molecule has 0 atom stereocenters. The molecule has 2 rings (SSSR count). The maximum absolute atomic E-state index is 12.1. The van der Waals surface area contributed by atoms with Gasteiger partial charge in [-0.15, -0.1) is 0 Å². The Kier molecular flexibility index (Phi) is 4.70. The number of carbonyl (C=O) groups excluding carboxylic acids is 1. The summed E-state index contributed by atoms with van der Waals surface area (Å²) >= 11 is 3.39. The van der Waals surface area contributed by atoms with Crippen LogP contribution in [0.25, 0.3) is 0 Å². The van der Waals surface area contributed by atoms with Gasteiger partial charge in [-0.25, -0.2) is 9.78 Å². The zero-order chi connectivity index (χ0) is 15.4. The minimum Gasteiger partial charge on any atom is -0.477 e. The molecule has 0 saturated heterocycles. The molecule has 1 amide bonds. The second-order valence-corrected chi connectivity index (χ2v) is 5.31. The number of rotatable bonds is 4. The Morgan fingerprint density at radius 3 is 2.67 bits per heavy atom. The fourth-order valence-corrected chi connectivity index (χ4v) is 2.15. The fraction of sp³-hybridized carbons (Fsp3) is 0.133. The summed E-state index contributed by atoms with van der Waals surface area (Å²) in [7, 11) is 0. The van der Waals surface area contributed by atoms with Crippen molar-refractivity contribution < 1.29 is 14.7 Å². The highest BCUT2D eigenvalue weighted by molar-refractivity contribution is 9.10. The minimum atomic E-state index is -1.07. The Labute approximate surface area is 130 Å². The molecule has 0 radical (unpaired) electrons. The molecule has 0 unspecified atom stereocenters. The first-order valence-electron chi connectivity index (χ1n) is 6.20. The van der Waals surface area contributed by atoms with Gasteiger partial charge in [0.15, 0.2) is 0 Å². The van der Waals surface area contributed by atoms with Gasteiger partial charge < -0.3 is 10.4 Å². The lowest BCUT2D eigenvalue weighted by molar-refractivity contribution is 0.0690. The van der Waals surface area contributed by atoms with E-state index in [1.807, 2.05) is 13.0 Å². The molecule has 21 heavy (non-hydrogen) atoms. The monoisotopic (exact) mass is 348 g/mol. The number of hydrogen-bond donors (Lipinski definition) is 2. The molecule has 0 spiro atoms. The van der Waals surface area contributed by atoms with Gasteiger partial charge >= 0.3 is 5.97 Å². The van der Waals surface area contributed by atoms with Crippen molar-refractivity contribution in [2.24, 2.45) is 0 Å². The smallest absolute Gasteiger partial charge is 0.354 e. The van der Waals surface area contributed by atoms with Gasteiger partial charge in [0.2, 0.25) is 0 Å². The first-order chi connectivity index (χ1) is 9.99. The van der Waals surface area contributed by atoms with Crippen LogP contribution in [0.15, 0.2) is 41.0 Å². The number of carboxylic acid groups (broad SMARTS) is 1. The highest BCUT2D eigenvalue weighted by atomic mass is 79.9. The lowest BCUT2D eigenvalue weighted by Gasteiger charge is -2.09. The van der Waals surface area contributed by atoms with E-state index in [1.54, 1.807) is 18.2 Å². The number of aromatic nitrogens is 1. The van der Waals surface area contributed by atoms with Crippen LogP contribution in [0, 0.1) is 6.92 Å². The van der Waals surface area contributed by atoms with Crippen LogP contribution < -0.4 is 5.32 Å². The summed E-state index contributed by atoms with van der Waals surface area (Å²) in [5.74, 6) is -1.26. The topological polar surface area (TPSA) is 79.3 Å². The summed E-state index contributed by atoms with van der Waals surface area (Å²) < 4.78 is 0.877. The largest absolute Gasteiger partial charge is 0.477 e. The summed E-state index contributed by atoms with van der Waals surface area (Å²) in [6.45, 7) is 2.15. The average molecular weight is 349 g/mol. The van der Waals surface area contributed by atoms with Crippen LogP contribution >= 0.6 is 15.9 Å². The number of carbonyl (C=O) groups is 2. The number of amides is 1. The van der Waals surface area contributed by atoms with Crippen molar-refractivity contribution in [2.45, 2.75) is 13.5 Å². The summed E-state index contributed by atoms with van der Waals surface area (Å²) in [5.41, 5.74) is 2.18. The Balaban J connectivity index is 2.04. The Morgan fingerprint density at radius 2 is 2.05 bits per heavy atom. The van der Waals surface area contributed by atoms with Crippen LogP contribution in [0.5, 0.6) is 0 Å². The highest BCUT2D eigenvalue weighted by Crippen LogP contribution is 2.19. The van der Waals surface area contributed by atoms with Gasteiger partial charge in [-0.2, -0.15) is 0 Å². The van der Waals surface area contributed by atoms with Gasteiger partial charge in [0.1, 0.15) is 5.69 Å². The van der Waals surface area contributed by atoms with Crippen molar-refractivity contribution in [2.75, 3.05) is 0 Å². The molecular weight excluding hydrogens is 336 g/mol. The van der Waals surface area contributed by atoms with Crippen molar-refractivity contribution in [3.8, 4) is 0 Å². The molecule has 1 aromatic heterocycles. The lowest BCUT2D eigenvalue weighted by Crippen LogP contribution is -2.23. The maximum Gasteiger partial charge on any atom is 0.354 e. The van der Waals surface area contributed by atoms with Crippen molar-refractivity contribution in [1.82, 2.24) is 10.3 Å². The normalized spacial score (nSPS) is 10.2. The maximum atomic E-state index is 12.1. The third-order valence-corrected chi connectivity index (χ3v) is 3.87. The van der Waals surface area contributed by atoms with E-state index in [1.165, 1.54) is 12.3 Å². The number of hydrogen-bond acceptors (Lipinski definition) is 3. The minimum absolute atomic E-state index is 0.0205. The molecule has 0 aliphatic rings. The van der Waals surface area contributed by atoms with Gasteiger partial charge in [0, 0.05) is 22.8 Å². The Hall–Kier alpha value is -2.21. The second-order valence-electron chi connectivity index (χ2n) is 4.45. The molecular formula is C15H13BrN2O3. The Bertz CT molecular complexity index is 684. The summed E-state index contributed by atoms with van der Waals surface area (Å²) in [6, 6.07) is 8.47. The standard InChI is InChI=1S/C15H13BrN2O3/c1-9-11(3-2-4-12(9)16)14(19)18-8-10-5-6-13(15(20)21)17-7-10/h2-7H,8H2,1H3,(H,18,19)(H,20,21). The van der Waals surface area contributed by atoms with Crippen LogP contribution in [0.3, 0.4) is 0 Å². The van der Waals surface area contributed by atoms with Gasteiger partial charge in [-0.1, -0.05) is 28.1 Å². The second kappa shape index (κ2) is 6.49. The van der Waals surface area contributed by atoms with E-state index >= 15 is 0 Å². The van der Waals surface area contributed by atoms with Crippen LogP contribution in [0.4, 0.5) is 0 Å². The number of pyridine rings is 1. The van der Waals surface area contributed by atoms with Gasteiger partial charge in [0.25, 0.3) is 5.91 Å². The average Bonchev–Trinajstić information content (AvgIpc) is 2.48. The van der Waals surface area contributed by atoms with E-state index in [9.17, 15) is 9.59 Å². The van der Waals surface area contributed by atoms with E-state index in [4.69, 9.17) is 5.11 Å². The first-order valence-corrected chi connectivity index (χ1v) is 7.00. The predicted octanol–water partition coefficient (Wildman–Crippen LogP) is 2.78. The van der Waals surface area contributed by atoms with Crippen LogP contribution in [-0.2, 0) is 6.54 Å². The first kappa shape index (κ1) is 15.2. The number of nitrogens with one attached hydrogen (secondary N) is 1. The van der Waals surface area contributed by atoms with Crippen molar-refractivity contribution in [1.29, 1.82) is 0 Å². The van der Waals surface area contributed by atoms with Gasteiger partial charge in [0.05, 0.1) is 0 Å². The molecule has 2 aromatic rings. The zero-order valence-corrected chi connectivity index (χ0v) is 12.8. The third kappa shape index (κ3) is 3.66.